The van der Waals surface area contributed by atoms with Crippen LogP contribution in [0.15, 0.2) is 47.6 Å². The van der Waals surface area contributed by atoms with Crippen molar-refractivity contribution in [1.29, 1.82) is 0 Å². The number of fused-ring (bicyclic) bond motifs is 1. The molecule has 1 aliphatic heterocycles. The van der Waals surface area contributed by atoms with E-state index >= 15 is 0 Å². The van der Waals surface area contributed by atoms with E-state index in [2.05, 4.69) is 13.2 Å². The summed E-state index contributed by atoms with van der Waals surface area (Å²) >= 11 is 0. The second-order valence-electron chi connectivity index (χ2n) is 11.5. The van der Waals surface area contributed by atoms with E-state index in [0.29, 0.717) is 24.0 Å². The Morgan fingerprint density at radius 2 is 1.72 bits per heavy atom. The number of esters is 3. The van der Waals surface area contributed by atoms with Gasteiger partial charge in [0.15, 0.2) is 5.78 Å². The maximum atomic E-state index is 13.5. The molecule has 214 valence electrons. The van der Waals surface area contributed by atoms with E-state index in [1.54, 1.807) is 53.7 Å². The summed E-state index contributed by atoms with van der Waals surface area (Å²) in [4.78, 5) is 51.3. The van der Waals surface area contributed by atoms with Gasteiger partial charge >= 0.3 is 17.9 Å². The van der Waals surface area contributed by atoms with Crippen LogP contribution in [0.2, 0.25) is 0 Å². The van der Waals surface area contributed by atoms with Crippen molar-refractivity contribution >= 4 is 23.7 Å². The van der Waals surface area contributed by atoms with Gasteiger partial charge in [-0.1, -0.05) is 44.7 Å². The van der Waals surface area contributed by atoms with E-state index in [-0.39, 0.29) is 17.6 Å². The molecule has 3 rings (SSSR count). The van der Waals surface area contributed by atoms with Gasteiger partial charge in [0.1, 0.15) is 30.5 Å². The lowest BCUT2D eigenvalue weighted by Gasteiger charge is -2.60. The van der Waals surface area contributed by atoms with Crippen LogP contribution in [-0.4, -0.2) is 64.4 Å². The highest BCUT2D eigenvalue weighted by Gasteiger charge is 2.66. The van der Waals surface area contributed by atoms with Gasteiger partial charge in [0.2, 0.25) is 0 Å². The first-order valence-corrected chi connectivity index (χ1v) is 13.2. The number of hydrogen-bond acceptors (Lipinski definition) is 9. The molecule has 7 unspecified atom stereocenters. The van der Waals surface area contributed by atoms with Crippen LogP contribution in [0.25, 0.3) is 0 Å². The SMILES string of the molecule is C=C1C(=O)C(O)C2(C)C(=C)CCC(OC(=O)C(C)=CC)C2C1(C)CC(OC(=O)C(C)=CC)C1(O)COC(=O)C1. The van der Waals surface area contributed by atoms with E-state index in [0.717, 1.165) is 0 Å². The van der Waals surface area contributed by atoms with E-state index in [1.807, 2.05) is 0 Å². The third-order valence-electron chi connectivity index (χ3n) is 9.16. The normalized spacial score (nSPS) is 36.3. The summed E-state index contributed by atoms with van der Waals surface area (Å²) in [7, 11) is 0. The Kier molecular flexibility index (Phi) is 8.49. The summed E-state index contributed by atoms with van der Waals surface area (Å²) in [6.07, 6.45) is -0.0879. The van der Waals surface area contributed by atoms with Gasteiger partial charge in [-0.05, 0) is 52.5 Å². The number of ketones is 1. The average molecular weight is 545 g/mol. The zero-order valence-corrected chi connectivity index (χ0v) is 23.7. The van der Waals surface area contributed by atoms with Gasteiger partial charge in [0.25, 0.3) is 0 Å². The molecule has 3 aliphatic rings. The number of carbonyl (C=O) groups excluding carboxylic acids is 4. The summed E-state index contributed by atoms with van der Waals surface area (Å²) in [5.41, 5.74) is -2.96. The van der Waals surface area contributed by atoms with E-state index in [1.165, 1.54) is 0 Å². The molecule has 0 amide bonds. The second-order valence-corrected chi connectivity index (χ2v) is 11.5. The van der Waals surface area contributed by atoms with Gasteiger partial charge in [-0.2, -0.15) is 0 Å². The van der Waals surface area contributed by atoms with E-state index in [9.17, 15) is 29.4 Å². The summed E-state index contributed by atoms with van der Waals surface area (Å²) in [6.45, 7) is 17.8. The Morgan fingerprint density at radius 3 is 2.26 bits per heavy atom. The second kappa shape index (κ2) is 10.8. The zero-order chi connectivity index (χ0) is 29.5. The fourth-order valence-corrected chi connectivity index (χ4v) is 6.26. The number of rotatable bonds is 7. The first kappa shape index (κ1) is 30.5. The molecule has 0 radical (unpaired) electrons. The van der Waals surface area contributed by atoms with Crippen LogP contribution < -0.4 is 0 Å². The smallest absolute Gasteiger partial charge is 0.333 e. The predicted molar refractivity (Wildman–Crippen MR) is 142 cm³/mol. The lowest BCUT2D eigenvalue weighted by molar-refractivity contribution is -0.185. The molecule has 0 bridgehead atoms. The minimum Gasteiger partial charge on any atom is -0.462 e. The summed E-state index contributed by atoms with van der Waals surface area (Å²) in [5.74, 6) is -3.20. The quantitative estimate of drug-likeness (QED) is 0.214. The Bertz CT molecular complexity index is 1160. The van der Waals surface area contributed by atoms with Crippen molar-refractivity contribution in [2.75, 3.05) is 6.61 Å². The molecular weight excluding hydrogens is 504 g/mol. The Morgan fingerprint density at radius 1 is 1.13 bits per heavy atom. The number of hydrogen-bond donors (Lipinski definition) is 2. The standard InChI is InChI=1S/C30H40O9/c1-9-16(3)26(34)38-20-12-11-18(5)29(8)24(20)28(7,19(6)23(32)25(29)33)13-21(39-27(35)17(4)10-2)30(36)14-22(31)37-15-30/h9-10,20-21,24-25,33,36H,5-6,11-15H2,1-4,7-8H3. The number of aliphatic hydroxyl groups is 2. The Balaban J connectivity index is 2.16. The fourth-order valence-electron chi connectivity index (χ4n) is 6.26. The lowest BCUT2D eigenvalue weighted by Crippen LogP contribution is -2.64. The summed E-state index contributed by atoms with van der Waals surface area (Å²) in [6, 6.07) is 0. The molecule has 3 fully saturated rings. The summed E-state index contributed by atoms with van der Waals surface area (Å²) in [5, 5.41) is 22.7. The molecule has 9 nitrogen and oxygen atoms in total. The highest BCUT2D eigenvalue weighted by Crippen LogP contribution is 2.62. The molecule has 39 heavy (non-hydrogen) atoms. The summed E-state index contributed by atoms with van der Waals surface area (Å²) < 4.78 is 16.8. The van der Waals surface area contributed by atoms with Crippen LogP contribution in [0.5, 0.6) is 0 Å². The van der Waals surface area contributed by atoms with Crippen molar-refractivity contribution in [3.8, 4) is 0 Å². The molecule has 2 saturated carbocycles. The van der Waals surface area contributed by atoms with Gasteiger partial charge in [-0.3, -0.25) is 9.59 Å². The first-order chi connectivity index (χ1) is 18.1. The third-order valence-corrected chi connectivity index (χ3v) is 9.16. The maximum Gasteiger partial charge on any atom is 0.333 e. The molecule has 0 aromatic carbocycles. The highest BCUT2D eigenvalue weighted by atomic mass is 16.6. The Labute approximate surface area is 229 Å². The van der Waals surface area contributed by atoms with Gasteiger partial charge in [-0.15, -0.1) is 0 Å². The number of ether oxygens (including phenoxy) is 3. The largest absolute Gasteiger partial charge is 0.462 e. The monoisotopic (exact) mass is 544 g/mol. The molecule has 0 spiro atoms. The topological polar surface area (TPSA) is 136 Å². The van der Waals surface area contributed by atoms with E-state index < -0.39 is 77.4 Å². The van der Waals surface area contributed by atoms with Crippen LogP contribution in [0.3, 0.4) is 0 Å². The van der Waals surface area contributed by atoms with Crippen molar-refractivity contribution in [2.24, 2.45) is 16.7 Å². The fraction of sp³-hybridized carbons (Fsp3) is 0.600. The molecule has 0 aromatic rings. The zero-order valence-electron chi connectivity index (χ0n) is 23.7. The Hall–Kier alpha value is -3.04. The number of allylic oxidation sites excluding steroid dienone is 2. The van der Waals surface area contributed by atoms with Crippen LogP contribution in [0.4, 0.5) is 0 Å². The van der Waals surface area contributed by atoms with Crippen molar-refractivity contribution < 1.29 is 43.6 Å². The molecule has 9 heteroatoms. The van der Waals surface area contributed by atoms with Crippen LogP contribution >= 0.6 is 0 Å². The first-order valence-electron chi connectivity index (χ1n) is 13.2. The van der Waals surface area contributed by atoms with Crippen LogP contribution in [0, 0.1) is 16.7 Å². The number of aliphatic hydroxyl groups excluding tert-OH is 1. The maximum absolute atomic E-state index is 13.5. The van der Waals surface area contributed by atoms with Gasteiger partial charge < -0.3 is 24.4 Å². The van der Waals surface area contributed by atoms with Gasteiger partial charge in [-0.25, -0.2) is 9.59 Å². The van der Waals surface area contributed by atoms with Gasteiger partial charge in [0, 0.05) is 27.9 Å². The van der Waals surface area contributed by atoms with Crippen molar-refractivity contribution in [1.82, 2.24) is 0 Å². The molecule has 7 atom stereocenters. The highest BCUT2D eigenvalue weighted by molar-refractivity contribution is 6.01. The third kappa shape index (κ3) is 5.14. The minimum atomic E-state index is -1.86. The lowest BCUT2D eigenvalue weighted by atomic mass is 9.45. The van der Waals surface area contributed by atoms with Crippen molar-refractivity contribution in [3.63, 3.8) is 0 Å². The van der Waals surface area contributed by atoms with Crippen molar-refractivity contribution in [2.45, 2.75) is 91.1 Å². The number of Topliss-reactive ketones (excluding diaryl/α,β-unsaturated/α-hetero) is 1. The van der Waals surface area contributed by atoms with Crippen LogP contribution in [-0.2, 0) is 33.4 Å². The number of carbonyl (C=O) groups is 4. The molecule has 1 saturated heterocycles. The predicted octanol–water partition coefficient (Wildman–Crippen LogP) is 3.29. The van der Waals surface area contributed by atoms with E-state index in [4.69, 9.17) is 14.2 Å². The molecule has 0 aromatic heterocycles. The van der Waals surface area contributed by atoms with Gasteiger partial charge in [0.05, 0.1) is 6.42 Å². The van der Waals surface area contributed by atoms with Crippen molar-refractivity contribution in [3.05, 3.63) is 47.6 Å². The molecule has 1 heterocycles. The average Bonchev–Trinajstić information content (AvgIpc) is 3.26. The minimum absolute atomic E-state index is 0.0497. The molecule has 2 N–H and O–H groups in total. The molecular formula is C30H40O9. The van der Waals surface area contributed by atoms with Crippen LogP contribution in [0.1, 0.15) is 67.2 Å². The molecule has 2 aliphatic carbocycles. The number of cyclic esters (lactones) is 1.